The van der Waals surface area contributed by atoms with Crippen molar-refractivity contribution in [1.82, 2.24) is 14.4 Å². The first-order chi connectivity index (χ1) is 12.3. The molecule has 1 aromatic heterocycles. The fraction of sp³-hybridized carbons (Fsp3) is 0.176. The van der Waals surface area contributed by atoms with Gasteiger partial charge in [0.2, 0.25) is 21.7 Å². The molecule has 0 radical (unpaired) electrons. The zero-order valence-electron chi connectivity index (χ0n) is 13.8. The maximum Gasteiger partial charge on any atom is 0.242 e. The van der Waals surface area contributed by atoms with Gasteiger partial charge in [-0.2, -0.15) is 9.29 Å². The van der Waals surface area contributed by atoms with Gasteiger partial charge in [-0.05, 0) is 29.8 Å². The van der Waals surface area contributed by atoms with Gasteiger partial charge >= 0.3 is 0 Å². The first-order valence-electron chi connectivity index (χ1n) is 7.60. The zero-order chi connectivity index (χ0) is 18.7. The van der Waals surface area contributed by atoms with E-state index in [0.717, 1.165) is 14.5 Å². The van der Waals surface area contributed by atoms with Crippen LogP contribution in [0.3, 0.4) is 0 Å². The van der Waals surface area contributed by atoms with Crippen LogP contribution in [0.4, 0.5) is 0 Å². The molecule has 0 saturated heterocycles. The lowest BCUT2D eigenvalue weighted by atomic mass is 10.2. The van der Waals surface area contributed by atoms with Crippen molar-refractivity contribution < 1.29 is 12.9 Å². The van der Waals surface area contributed by atoms with E-state index >= 15 is 0 Å². The molecule has 3 rings (SSSR count). The monoisotopic (exact) mass is 499 g/mol. The van der Waals surface area contributed by atoms with Crippen molar-refractivity contribution in [3.63, 3.8) is 0 Å². The summed E-state index contributed by atoms with van der Waals surface area (Å²) in [6, 6.07) is 14.7. The number of benzene rings is 2. The Hall–Kier alpha value is -1.55. The van der Waals surface area contributed by atoms with Crippen LogP contribution in [-0.2, 0) is 22.3 Å². The largest absolute Gasteiger partial charge is 0.338 e. The highest BCUT2D eigenvalue weighted by Crippen LogP contribution is 2.21. The predicted molar refractivity (Wildman–Crippen MR) is 106 cm³/mol. The number of aromatic nitrogens is 2. The quantitative estimate of drug-likeness (QED) is 0.506. The van der Waals surface area contributed by atoms with Gasteiger partial charge in [-0.25, -0.2) is 8.42 Å². The van der Waals surface area contributed by atoms with E-state index in [9.17, 15) is 8.42 Å². The van der Waals surface area contributed by atoms with Crippen LogP contribution in [0.25, 0.3) is 11.4 Å². The molecule has 0 bridgehead atoms. The van der Waals surface area contributed by atoms with Crippen molar-refractivity contribution >= 4 is 41.9 Å². The summed E-state index contributed by atoms with van der Waals surface area (Å²) in [5.74, 6) is 0.551. The molecule has 0 N–H and O–H groups in total. The van der Waals surface area contributed by atoms with E-state index in [4.69, 9.17) is 4.52 Å². The van der Waals surface area contributed by atoms with Gasteiger partial charge in [0.1, 0.15) is 0 Å². The van der Waals surface area contributed by atoms with Crippen molar-refractivity contribution in [2.75, 3.05) is 7.05 Å². The molecule has 26 heavy (non-hydrogen) atoms. The first-order valence-corrected chi connectivity index (χ1v) is 10.8. The van der Waals surface area contributed by atoms with Crippen LogP contribution in [0.2, 0.25) is 0 Å². The normalized spacial score (nSPS) is 11.8. The highest BCUT2D eigenvalue weighted by atomic mass is 79.9. The molecular weight excluding hydrogens is 486 g/mol. The predicted octanol–water partition coefficient (Wildman–Crippen LogP) is 4.22. The van der Waals surface area contributed by atoms with Crippen molar-refractivity contribution in [3.8, 4) is 11.4 Å². The maximum absolute atomic E-state index is 12.6. The lowest BCUT2D eigenvalue weighted by Gasteiger charge is -2.15. The Bertz CT molecular complexity index is 1020. The van der Waals surface area contributed by atoms with Crippen LogP contribution in [0, 0.1) is 0 Å². The standard InChI is InChI=1S/C17H15Br2N3O3S/c1-22(26(23,24)11-12-4-2-6-14(18)8-12)10-16-20-17(21-25-16)13-5-3-7-15(19)9-13/h2-9H,10-11H2,1H3. The fourth-order valence-corrected chi connectivity index (χ4v) is 4.27. The lowest BCUT2D eigenvalue weighted by molar-refractivity contribution is 0.336. The Morgan fingerprint density at radius 1 is 1.08 bits per heavy atom. The van der Waals surface area contributed by atoms with E-state index in [0.29, 0.717) is 11.4 Å². The molecule has 1 heterocycles. The number of hydrogen-bond donors (Lipinski definition) is 0. The van der Waals surface area contributed by atoms with Gasteiger partial charge in [0.05, 0.1) is 12.3 Å². The summed E-state index contributed by atoms with van der Waals surface area (Å²) in [4.78, 5) is 4.28. The summed E-state index contributed by atoms with van der Waals surface area (Å²) in [7, 11) is -2.02. The summed E-state index contributed by atoms with van der Waals surface area (Å²) in [6.07, 6.45) is 0. The molecule has 6 nitrogen and oxygen atoms in total. The fourth-order valence-electron chi connectivity index (χ4n) is 2.30. The molecule has 9 heteroatoms. The minimum Gasteiger partial charge on any atom is -0.338 e. The SMILES string of the molecule is CN(Cc1nc(-c2cccc(Br)c2)no1)S(=O)(=O)Cc1cccc(Br)c1. The van der Waals surface area contributed by atoms with Gasteiger partial charge in [-0.3, -0.25) is 0 Å². The smallest absolute Gasteiger partial charge is 0.242 e. The second kappa shape index (κ2) is 7.99. The molecule has 0 aliphatic carbocycles. The van der Waals surface area contributed by atoms with Crippen LogP contribution in [-0.4, -0.2) is 29.9 Å². The minimum absolute atomic E-state index is 0.0112. The summed E-state index contributed by atoms with van der Waals surface area (Å²) < 4.78 is 33.3. The van der Waals surface area contributed by atoms with Crippen LogP contribution in [0.5, 0.6) is 0 Å². The molecule has 0 unspecified atom stereocenters. The third kappa shape index (κ3) is 4.79. The van der Waals surface area contributed by atoms with Gasteiger partial charge in [0.25, 0.3) is 0 Å². The minimum atomic E-state index is -3.51. The summed E-state index contributed by atoms with van der Waals surface area (Å²) in [5, 5.41) is 3.92. The highest BCUT2D eigenvalue weighted by Gasteiger charge is 2.21. The zero-order valence-corrected chi connectivity index (χ0v) is 17.8. The average Bonchev–Trinajstić information content (AvgIpc) is 3.03. The Kier molecular flexibility index (Phi) is 5.91. The number of hydrogen-bond acceptors (Lipinski definition) is 5. The molecule has 3 aromatic rings. The van der Waals surface area contributed by atoms with Crippen molar-refractivity contribution in [2.45, 2.75) is 12.3 Å². The average molecular weight is 501 g/mol. The van der Waals surface area contributed by atoms with Crippen molar-refractivity contribution in [1.29, 1.82) is 0 Å². The third-order valence-electron chi connectivity index (χ3n) is 3.62. The molecule has 0 saturated carbocycles. The Labute approximate surface area is 168 Å². The Morgan fingerprint density at radius 3 is 2.46 bits per heavy atom. The second-order valence-corrected chi connectivity index (χ2v) is 9.57. The van der Waals surface area contributed by atoms with Gasteiger partial charge in [0, 0.05) is 21.6 Å². The maximum atomic E-state index is 12.6. The Balaban J connectivity index is 1.72. The van der Waals surface area contributed by atoms with Gasteiger partial charge in [0.15, 0.2) is 0 Å². The van der Waals surface area contributed by atoms with Gasteiger partial charge in [-0.1, -0.05) is 61.3 Å². The highest BCUT2D eigenvalue weighted by molar-refractivity contribution is 9.10. The van der Waals surface area contributed by atoms with E-state index in [1.54, 1.807) is 18.2 Å². The van der Waals surface area contributed by atoms with Gasteiger partial charge in [-0.15, -0.1) is 0 Å². The molecular formula is C17H15Br2N3O3S. The number of nitrogens with zero attached hydrogens (tertiary/aromatic N) is 3. The third-order valence-corrected chi connectivity index (χ3v) is 6.39. The second-order valence-electron chi connectivity index (χ2n) is 5.66. The number of halogens is 2. The molecule has 136 valence electrons. The molecule has 2 aromatic carbocycles. The van der Waals surface area contributed by atoms with Crippen LogP contribution < -0.4 is 0 Å². The van der Waals surface area contributed by atoms with E-state index in [1.165, 1.54) is 11.4 Å². The summed E-state index contributed by atoms with van der Waals surface area (Å²) in [6.45, 7) is 0.0112. The molecule has 0 amide bonds. The molecule has 0 aliphatic heterocycles. The molecule has 0 spiro atoms. The summed E-state index contributed by atoms with van der Waals surface area (Å²) in [5.41, 5.74) is 1.49. The molecule has 0 aliphatic rings. The lowest BCUT2D eigenvalue weighted by Crippen LogP contribution is -2.27. The van der Waals surface area contributed by atoms with Crippen molar-refractivity contribution in [3.05, 3.63) is 68.9 Å². The van der Waals surface area contributed by atoms with Crippen LogP contribution in [0.15, 0.2) is 62.0 Å². The number of rotatable bonds is 6. The molecule has 0 fully saturated rings. The van der Waals surface area contributed by atoms with E-state index in [1.807, 2.05) is 30.3 Å². The van der Waals surface area contributed by atoms with Crippen LogP contribution in [0.1, 0.15) is 11.5 Å². The van der Waals surface area contributed by atoms with E-state index in [2.05, 4.69) is 42.0 Å². The molecule has 0 atom stereocenters. The van der Waals surface area contributed by atoms with Gasteiger partial charge < -0.3 is 4.52 Å². The van der Waals surface area contributed by atoms with Crippen LogP contribution >= 0.6 is 31.9 Å². The summed E-state index contributed by atoms with van der Waals surface area (Å²) >= 11 is 6.74. The topological polar surface area (TPSA) is 76.3 Å². The Morgan fingerprint density at radius 2 is 1.77 bits per heavy atom. The first kappa shape index (κ1) is 19.2. The van der Waals surface area contributed by atoms with E-state index in [-0.39, 0.29) is 18.2 Å². The number of sulfonamides is 1. The van der Waals surface area contributed by atoms with Crippen molar-refractivity contribution in [2.24, 2.45) is 0 Å². The van der Waals surface area contributed by atoms with E-state index < -0.39 is 10.0 Å².